The molecule has 1 N–H and O–H groups in total. The summed E-state index contributed by atoms with van der Waals surface area (Å²) in [5.41, 5.74) is 0. The van der Waals surface area contributed by atoms with Crippen LogP contribution >= 0.6 is 11.6 Å². The Balaban J connectivity index is 4.24. The van der Waals surface area contributed by atoms with Crippen LogP contribution in [0, 0.1) is 0 Å². The van der Waals surface area contributed by atoms with Gasteiger partial charge in [0.25, 0.3) is 0 Å². The lowest BCUT2D eigenvalue weighted by molar-refractivity contribution is 0.314. The first-order chi connectivity index (χ1) is 4.81. The molecule has 0 aromatic rings. The summed E-state index contributed by atoms with van der Waals surface area (Å²) >= 11 is 4.89. The highest BCUT2D eigenvalue weighted by Crippen LogP contribution is 2.29. The average Bonchev–Trinajstić information content (AvgIpc) is 1.81. The van der Waals surface area contributed by atoms with E-state index in [4.69, 9.17) is 16.2 Å². The van der Waals surface area contributed by atoms with Gasteiger partial charge in [-0.15, -0.1) is 0 Å². The van der Waals surface area contributed by atoms with E-state index in [0.29, 0.717) is 12.8 Å². The van der Waals surface area contributed by atoms with Gasteiger partial charge >= 0.3 is 14.6 Å². The van der Waals surface area contributed by atoms with Crippen molar-refractivity contribution in [2.45, 2.75) is 30.6 Å². The third-order valence-corrected chi connectivity index (χ3v) is 2.93. The van der Waals surface area contributed by atoms with Crippen molar-refractivity contribution < 1.29 is 17.4 Å². The van der Waals surface area contributed by atoms with Crippen LogP contribution in [0.25, 0.3) is 0 Å². The van der Waals surface area contributed by atoms with Crippen molar-refractivity contribution >= 4 is 21.7 Å². The van der Waals surface area contributed by atoms with Gasteiger partial charge in [-0.1, -0.05) is 24.9 Å². The molecular weight excluding hydrogens is 195 g/mol. The first-order valence-electron chi connectivity index (χ1n) is 3.16. The van der Waals surface area contributed by atoms with Crippen LogP contribution < -0.4 is 0 Å². The minimum absolute atomic E-state index is 0.319. The van der Waals surface area contributed by atoms with Crippen LogP contribution in [-0.2, 0) is 10.1 Å². The van der Waals surface area contributed by atoms with E-state index in [1.165, 1.54) is 0 Å². The molecule has 1 atom stereocenters. The maximum atomic E-state index is 12.7. The molecule has 0 fully saturated rings. The fourth-order valence-corrected chi connectivity index (χ4v) is 1.05. The molecule has 6 heteroatoms. The van der Waals surface area contributed by atoms with Crippen LogP contribution in [0.5, 0.6) is 0 Å². The molecule has 0 radical (unpaired) electrons. The number of unbranched alkanes of at least 4 members (excludes halogenated alkanes) is 1. The molecule has 0 aliphatic heterocycles. The van der Waals surface area contributed by atoms with Gasteiger partial charge in [0.2, 0.25) is 0 Å². The highest BCUT2D eigenvalue weighted by atomic mass is 35.5. The maximum Gasteiger partial charge on any atom is 0.315 e. The first kappa shape index (κ1) is 11.1. The maximum absolute atomic E-state index is 12.7. The Hall–Kier alpha value is 0.130. The second-order valence-electron chi connectivity index (χ2n) is 2.22. The summed E-state index contributed by atoms with van der Waals surface area (Å²) < 4.78 is 38.4. The van der Waals surface area contributed by atoms with Crippen LogP contribution in [0.3, 0.4) is 0 Å². The normalized spacial score (nSPS) is 17.8. The summed E-state index contributed by atoms with van der Waals surface area (Å²) in [6, 6.07) is 0. The lowest BCUT2D eigenvalue weighted by Crippen LogP contribution is -2.26. The number of halogens is 2. The van der Waals surface area contributed by atoms with E-state index >= 15 is 0 Å². The van der Waals surface area contributed by atoms with Gasteiger partial charge in [-0.3, -0.25) is 4.55 Å². The Morgan fingerprint density at radius 1 is 1.64 bits per heavy atom. The SMILES string of the molecule is CCCCC(F)(Cl)S(=O)(=O)O. The Kier molecular flexibility index (Phi) is 3.73. The summed E-state index contributed by atoms with van der Waals surface area (Å²) in [6.07, 6.45) is 0.553. The smallest absolute Gasteiger partial charge is 0.282 e. The molecule has 11 heavy (non-hydrogen) atoms. The molecule has 0 aliphatic carbocycles. The predicted molar refractivity (Wildman–Crippen MR) is 40.8 cm³/mol. The van der Waals surface area contributed by atoms with Crippen LogP contribution in [0.1, 0.15) is 26.2 Å². The Morgan fingerprint density at radius 3 is 2.36 bits per heavy atom. The Labute approximate surface area is 70.3 Å². The first-order valence-corrected chi connectivity index (χ1v) is 4.98. The second kappa shape index (κ2) is 3.69. The van der Waals surface area contributed by atoms with Gasteiger partial charge in [-0.2, -0.15) is 8.42 Å². The van der Waals surface area contributed by atoms with Crippen molar-refractivity contribution in [3.8, 4) is 0 Å². The summed E-state index contributed by atoms with van der Waals surface area (Å²) in [6.45, 7) is 1.76. The third-order valence-electron chi connectivity index (χ3n) is 1.20. The molecule has 0 aliphatic rings. The van der Waals surface area contributed by atoms with Crippen LogP contribution in [0.4, 0.5) is 4.39 Å². The van der Waals surface area contributed by atoms with E-state index < -0.39 is 14.6 Å². The molecule has 0 aromatic heterocycles. The summed E-state index contributed by atoms with van der Waals surface area (Å²) in [7, 11) is -4.78. The fraction of sp³-hybridized carbons (Fsp3) is 1.00. The molecule has 0 bridgehead atoms. The standard InChI is InChI=1S/C5H10ClFO3S/c1-2-3-4-5(6,7)11(8,9)10/h2-4H2,1H3,(H,8,9,10). The molecule has 0 spiro atoms. The fourth-order valence-electron chi connectivity index (χ4n) is 0.512. The van der Waals surface area contributed by atoms with Crippen molar-refractivity contribution in [3.63, 3.8) is 0 Å². The van der Waals surface area contributed by atoms with Crippen LogP contribution in [0.15, 0.2) is 0 Å². The van der Waals surface area contributed by atoms with Gasteiger partial charge in [0.05, 0.1) is 0 Å². The molecule has 0 heterocycles. The zero-order chi connectivity index (χ0) is 9.12. The number of hydrogen-bond donors (Lipinski definition) is 1. The molecule has 0 saturated heterocycles. The van der Waals surface area contributed by atoms with Gasteiger partial charge in [-0.05, 0) is 6.42 Å². The van der Waals surface area contributed by atoms with Crippen molar-refractivity contribution in [1.82, 2.24) is 0 Å². The molecule has 0 saturated carbocycles. The summed E-state index contributed by atoms with van der Waals surface area (Å²) in [4.78, 5) is 0. The van der Waals surface area contributed by atoms with E-state index in [1.807, 2.05) is 0 Å². The van der Waals surface area contributed by atoms with Gasteiger partial charge in [-0.25, -0.2) is 4.39 Å². The molecule has 3 nitrogen and oxygen atoms in total. The largest absolute Gasteiger partial charge is 0.315 e. The van der Waals surface area contributed by atoms with E-state index in [9.17, 15) is 12.8 Å². The topological polar surface area (TPSA) is 54.4 Å². The van der Waals surface area contributed by atoms with E-state index in [1.54, 1.807) is 6.92 Å². The highest BCUT2D eigenvalue weighted by Gasteiger charge is 2.40. The quantitative estimate of drug-likeness (QED) is 0.562. The molecule has 68 valence electrons. The molecule has 0 rings (SSSR count). The molecule has 1 unspecified atom stereocenters. The average molecular weight is 205 g/mol. The second-order valence-corrected chi connectivity index (χ2v) is 4.64. The third kappa shape index (κ3) is 3.35. The van der Waals surface area contributed by atoms with Crippen LogP contribution in [-0.4, -0.2) is 17.4 Å². The van der Waals surface area contributed by atoms with Gasteiger partial charge in [0.1, 0.15) is 0 Å². The van der Waals surface area contributed by atoms with Crippen molar-refractivity contribution in [1.29, 1.82) is 0 Å². The summed E-state index contributed by atoms with van der Waals surface area (Å²) in [5, 5.41) is 0. The number of alkyl halides is 2. The molecule has 0 aromatic carbocycles. The Bertz CT molecular complexity index is 212. The zero-order valence-electron chi connectivity index (χ0n) is 6.05. The summed E-state index contributed by atoms with van der Waals surface area (Å²) in [5.74, 6) is 0. The van der Waals surface area contributed by atoms with Crippen molar-refractivity contribution in [3.05, 3.63) is 0 Å². The van der Waals surface area contributed by atoms with Crippen molar-refractivity contribution in [2.24, 2.45) is 0 Å². The number of hydrogen-bond acceptors (Lipinski definition) is 2. The lowest BCUT2D eigenvalue weighted by Gasteiger charge is -2.12. The van der Waals surface area contributed by atoms with E-state index in [0.717, 1.165) is 0 Å². The number of rotatable bonds is 4. The van der Waals surface area contributed by atoms with E-state index in [2.05, 4.69) is 0 Å². The minimum Gasteiger partial charge on any atom is -0.282 e. The lowest BCUT2D eigenvalue weighted by atomic mass is 10.3. The highest BCUT2D eigenvalue weighted by molar-refractivity contribution is 7.88. The van der Waals surface area contributed by atoms with Crippen LogP contribution in [0.2, 0.25) is 0 Å². The Morgan fingerprint density at radius 2 is 2.09 bits per heavy atom. The van der Waals surface area contributed by atoms with Gasteiger partial charge < -0.3 is 0 Å². The van der Waals surface area contributed by atoms with Crippen molar-refractivity contribution in [2.75, 3.05) is 0 Å². The predicted octanol–water partition coefficient (Wildman–Crippen LogP) is 1.93. The van der Waals surface area contributed by atoms with E-state index in [-0.39, 0.29) is 6.42 Å². The zero-order valence-corrected chi connectivity index (χ0v) is 7.62. The molecular formula is C5H10ClFO3S. The van der Waals surface area contributed by atoms with Gasteiger partial charge in [0.15, 0.2) is 0 Å². The minimum atomic E-state index is -4.78. The van der Waals surface area contributed by atoms with Gasteiger partial charge in [0, 0.05) is 6.42 Å². The molecule has 0 amide bonds. The monoisotopic (exact) mass is 204 g/mol.